The first kappa shape index (κ1) is 14.3. The molecule has 1 heterocycles. The van der Waals surface area contributed by atoms with E-state index in [0.717, 1.165) is 0 Å². The molecule has 0 bridgehead atoms. The minimum atomic E-state index is -1.49. The summed E-state index contributed by atoms with van der Waals surface area (Å²) in [5, 5.41) is -1.90. The molecule has 1 aliphatic rings. The number of halogens is 4. The Kier molecular flexibility index (Phi) is 4.82. The number of aldehydes is 1. The van der Waals surface area contributed by atoms with E-state index in [1.54, 1.807) is 0 Å². The third-order valence-corrected chi connectivity index (χ3v) is 3.07. The lowest BCUT2D eigenvalue weighted by Crippen LogP contribution is -2.20. The van der Waals surface area contributed by atoms with Gasteiger partial charge in [-0.15, -0.1) is 0 Å². The zero-order valence-electron chi connectivity index (χ0n) is 7.71. The van der Waals surface area contributed by atoms with E-state index in [2.05, 4.69) is 9.47 Å². The summed E-state index contributed by atoms with van der Waals surface area (Å²) in [6, 6.07) is 0. The van der Waals surface area contributed by atoms with Gasteiger partial charge in [0, 0.05) is 0 Å². The Morgan fingerprint density at radius 1 is 1.35 bits per heavy atom. The standard InChI is InChI=1S/C8H2Cl4O5/c9-2(1-13)3(10)6(14)16-8-5(12)4(11)7(15)17-8/h1,8H. The normalized spacial score (nSPS) is 20.9. The van der Waals surface area contributed by atoms with E-state index in [1.165, 1.54) is 0 Å². The molecule has 0 N–H and O–H groups in total. The second-order valence-electron chi connectivity index (χ2n) is 2.58. The molecule has 0 radical (unpaired) electrons. The summed E-state index contributed by atoms with van der Waals surface area (Å²) in [5.41, 5.74) is 0. The monoisotopic (exact) mass is 318 g/mol. The lowest BCUT2D eigenvalue weighted by Gasteiger charge is -2.10. The Balaban J connectivity index is 2.79. The van der Waals surface area contributed by atoms with Crippen LogP contribution in [0.25, 0.3) is 0 Å². The summed E-state index contributed by atoms with van der Waals surface area (Å²) in [7, 11) is 0. The number of cyclic esters (lactones) is 1. The highest BCUT2D eigenvalue weighted by atomic mass is 35.5. The molecular formula is C8H2Cl4O5. The molecule has 1 atom stereocenters. The second-order valence-corrected chi connectivity index (χ2v) is 4.15. The number of ether oxygens (including phenoxy) is 2. The van der Waals surface area contributed by atoms with Gasteiger partial charge in [0.05, 0.1) is 0 Å². The largest absolute Gasteiger partial charge is 0.415 e. The summed E-state index contributed by atoms with van der Waals surface area (Å²) in [6.07, 6.45) is -1.34. The van der Waals surface area contributed by atoms with Crippen LogP contribution < -0.4 is 0 Å². The number of carbonyl (C=O) groups is 3. The van der Waals surface area contributed by atoms with E-state index >= 15 is 0 Å². The predicted octanol–water partition coefficient (Wildman–Crippen LogP) is 1.99. The van der Waals surface area contributed by atoms with Gasteiger partial charge < -0.3 is 9.47 Å². The Morgan fingerprint density at radius 3 is 2.35 bits per heavy atom. The molecule has 1 aliphatic heterocycles. The summed E-state index contributed by atoms with van der Waals surface area (Å²) < 4.78 is 9.05. The Bertz CT molecular complexity index is 453. The third-order valence-electron chi connectivity index (χ3n) is 1.52. The maximum atomic E-state index is 11.3. The topological polar surface area (TPSA) is 69.7 Å². The van der Waals surface area contributed by atoms with Gasteiger partial charge in [0.1, 0.15) is 20.1 Å². The van der Waals surface area contributed by atoms with Gasteiger partial charge >= 0.3 is 11.9 Å². The average Bonchev–Trinajstić information content (AvgIpc) is 2.55. The molecule has 0 aromatic rings. The second kappa shape index (κ2) is 5.73. The first-order chi connectivity index (χ1) is 7.88. The number of allylic oxidation sites excluding steroid dienone is 1. The fourth-order valence-corrected chi connectivity index (χ4v) is 1.24. The molecule has 9 heteroatoms. The van der Waals surface area contributed by atoms with Gasteiger partial charge in [0.2, 0.25) is 0 Å². The highest BCUT2D eigenvalue weighted by molar-refractivity contribution is 6.52. The van der Waals surface area contributed by atoms with Crippen LogP contribution in [0.5, 0.6) is 0 Å². The van der Waals surface area contributed by atoms with Crippen LogP contribution in [-0.4, -0.2) is 24.5 Å². The summed E-state index contributed by atoms with van der Waals surface area (Å²) in [6.45, 7) is 0. The molecule has 1 unspecified atom stereocenters. The van der Waals surface area contributed by atoms with E-state index in [4.69, 9.17) is 46.4 Å². The minimum absolute atomic E-state index is 0.149. The highest BCUT2D eigenvalue weighted by Gasteiger charge is 2.35. The van der Waals surface area contributed by atoms with Crippen molar-refractivity contribution in [2.45, 2.75) is 6.29 Å². The third kappa shape index (κ3) is 3.13. The fraction of sp³-hybridized carbons (Fsp3) is 0.125. The van der Waals surface area contributed by atoms with Gasteiger partial charge in [-0.1, -0.05) is 46.4 Å². The van der Waals surface area contributed by atoms with Crippen LogP contribution in [0, 0.1) is 0 Å². The number of rotatable bonds is 3. The minimum Gasteiger partial charge on any atom is -0.415 e. The van der Waals surface area contributed by atoms with Gasteiger partial charge in [-0.05, 0) is 0 Å². The number of esters is 2. The van der Waals surface area contributed by atoms with Crippen LogP contribution in [-0.2, 0) is 23.9 Å². The molecule has 5 nitrogen and oxygen atoms in total. The molecular weight excluding hydrogens is 318 g/mol. The molecule has 17 heavy (non-hydrogen) atoms. The van der Waals surface area contributed by atoms with Crippen molar-refractivity contribution in [1.29, 1.82) is 0 Å². The van der Waals surface area contributed by atoms with Gasteiger partial charge in [-0.25, -0.2) is 9.59 Å². The molecule has 0 saturated carbocycles. The Morgan fingerprint density at radius 2 is 1.94 bits per heavy atom. The van der Waals surface area contributed by atoms with Crippen molar-refractivity contribution in [2.24, 2.45) is 0 Å². The fourth-order valence-electron chi connectivity index (χ4n) is 0.776. The number of hydrogen-bond acceptors (Lipinski definition) is 5. The first-order valence-corrected chi connectivity index (χ1v) is 5.37. The number of carbonyl (C=O) groups excluding carboxylic acids is 3. The van der Waals surface area contributed by atoms with Gasteiger partial charge in [-0.2, -0.15) is 0 Å². The lowest BCUT2D eigenvalue weighted by molar-refractivity contribution is -0.169. The summed E-state index contributed by atoms with van der Waals surface area (Å²) in [4.78, 5) is 32.4. The molecule has 0 aliphatic carbocycles. The zero-order chi connectivity index (χ0) is 13.2. The molecule has 0 aromatic carbocycles. The van der Waals surface area contributed by atoms with Crippen molar-refractivity contribution < 1.29 is 23.9 Å². The van der Waals surface area contributed by atoms with Crippen molar-refractivity contribution in [3.8, 4) is 0 Å². The van der Waals surface area contributed by atoms with Crippen molar-refractivity contribution >= 4 is 64.6 Å². The Hall–Kier alpha value is -0.750. The van der Waals surface area contributed by atoms with Crippen LogP contribution in [0.2, 0.25) is 0 Å². The molecule has 0 saturated heterocycles. The molecule has 0 aromatic heterocycles. The van der Waals surface area contributed by atoms with Gasteiger partial charge in [0.15, 0.2) is 6.29 Å². The van der Waals surface area contributed by atoms with Crippen LogP contribution in [0.4, 0.5) is 0 Å². The summed E-state index contributed by atoms with van der Waals surface area (Å²) in [5.74, 6) is -2.11. The van der Waals surface area contributed by atoms with Crippen LogP contribution >= 0.6 is 46.4 Å². The van der Waals surface area contributed by atoms with Crippen molar-refractivity contribution in [1.82, 2.24) is 0 Å². The van der Waals surface area contributed by atoms with Crippen LogP contribution in [0.15, 0.2) is 20.1 Å². The van der Waals surface area contributed by atoms with Crippen molar-refractivity contribution in [3.63, 3.8) is 0 Å². The molecule has 1 rings (SSSR count). The van der Waals surface area contributed by atoms with Crippen LogP contribution in [0.3, 0.4) is 0 Å². The Labute approximate surface area is 115 Å². The van der Waals surface area contributed by atoms with Crippen molar-refractivity contribution in [3.05, 3.63) is 20.1 Å². The molecule has 0 fully saturated rings. The molecule has 0 spiro atoms. The maximum Gasteiger partial charge on any atom is 0.354 e. The molecule has 0 amide bonds. The van der Waals surface area contributed by atoms with Crippen molar-refractivity contribution in [2.75, 3.05) is 0 Å². The summed E-state index contributed by atoms with van der Waals surface area (Å²) >= 11 is 21.6. The SMILES string of the molecule is O=CC(Cl)=C(Cl)C(=O)OC1OC(=O)C(Cl)=C1Cl. The maximum absolute atomic E-state index is 11.3. The zero-order valence-corrected chi connectivity index (χ0v) is 10.7. The highest BCUT2D eigenvalue weighted by Crippen LogP contribution is 2.30. The first-order valence-electron chi connectivity index (χ1n) is 3.86. The predicted molar refractivity (Wildman–Crippen MR) is 59.5 cm³/mol. The van der Waals surface area contributed by atoms with Gasteiger partial charge in [-0.3, -0.25) is 4.79 Å². The molecule has 92 valence electrons. The number of hydrogen-bond donors (Lipinski definition) is 0. The van der Waals surface area contributed by atoms with Crippen LogP contribution in [0.1, 0.15) is 0 Å². The van der Waals surface area contributed by atoms with E-state index in [1.807, 2.05) is 0 Å². The van der Waals surface area contributed by atoms with E-state index in [-0.39, 0.29) is 11.3 Å². The smallest absolute Gasteiger partial charge is 0.354 e. The van der Waals surface area contributed by atoms with Gasteiger partial charge in [0.25, 0.3) is 6.29 Å². The lowest BCUT2D eigenvalue weighted by atomic mass is 10.5. The van der Waals surface area contributed by atoms with E-state index in [0.29, 0.717) is 0 Å². The van der Waals surface area contributed by atoms with E-state index in [9.17, 15) is 14.4 Å². The van der Waals surface area contributed by atoms with E-state index < -0.39 is 33.3 Å². The average molecular weight is 320 g/mol. The quantitative estimate of drug-likeness (QED) is 0.452.